The molecule has 0 amide bonds. The zero-order chi connectivity index (χ0) is 4.28. The van der Waals surface area contributed by atoms with Gasteiger partial charge in [-0.1, -0.05) is 0 Å². The predicted molar refractivity (Wildman–Crippen MR) is 23.3 cm³/mol. The second-order valence-electron chi connectivity index (χ2n) is 0.357. The van der Waals surface area contributed by atoms with Gasteiger partial charge in [-0.05, 0) is 0 Å². The van der Waals surface area contributed by atoms with Gasteiger partial charge in [-0.15, -0.1) is 0 Å². The minimum Gasteiger partial charge on any atom is -1.00 e. The summed E-state index contributed by atoms with van der Waals surface area (Å²) in [5.41, 5.74) is 0. The third-order valence-corrected chi connectivity index (χ3v) is 0.0781. The van der Waals surface area contributed by atoms with Crippen molar-refractivity contribution in [1.82, 2.24) is 0 Å². The Morgan fingerprint density at radius 1 is 1.71 bits per heavy atom. The molecule has 0 aromatic heterocycles. The van der Waals surface area contributed by atoms with E-state index in [-0.39, 0.29) is 31.4 Å². The average Bonchev–Trinajstić information content (AvgIpc) is 1.38. The van der Waals surface area contributed by atoms with Crippen molar-refractivity contribution in [2.75, 3.05) is 0 Å². The first-order valence-corrected chi connectivity index (χ1v) is 0.814. The van der Waals surface area contributed by atoms with Gasteiger partial charge in [0.1, 0.15) is 0 Å². The number of rotatable bonds is 0. The van der Waals surface area contributed by atoms with Crippen LogP contribution < -0.4 is 0 Å². The summed E-state index contributed by atoms with van der Waals surface area (Å²) >= 11 is 0. The molecule has 0 spiro atoms. The fourth-order valence-electron chi connectivity index (χ4n) is 0. The van der Waals surface area contributed by atoms with Crippen molar-refractivity contribution >= 4 is 29.2 Å². The average molecular weight is 122 g/mol. The van der Waals surface area contributed by atoms with Crippen molar-refractivity contribution in [3.63, 3.8) is 0 Å². The van der Waals surface area contributed by atoms with Crippen molar-refractivity contribution in [2.45, 2.75) is 0 Å². The van der Waals surface area contributed by atoms with E-state index in [1.165, 1.54) is 0 Å². The maximum Gasteiger partial charge on any atom is 2.00 e. The summed E-state index contributed by atoms with van der Waals surface area (Å²) in [4.78, 5) is 11.6. The number of carboxylic acid groups (broad SMARTS) is 1. The normalized spacial score (nSPS) is 4.71. The van der Waals surface area contributed by atoms with Crippen LogP contribution in [0.25, 0.3) is 0 Å². The van der Waals surface area contributed by atoms with Gasteiger partial charge < -0.3 is 13.4 Å². The minimum atomic E-state index is -1.69. The smallest absolute Gasteiger partial charge is 1.00 e. The quantitative estimate of drug-likeness (QED) is 0.249. The van der Waals surface area contributed by atoms with E-state index < -0.39 is 6.16 Å². The monoisotopic (exact) mass is 122 g/mol. The van der Waals surface area contributed by atoms with Crippen molar-refractivity contribution in [2.24, 2.45) is 0 Å². The van der Waals surface area contributed by atoms with E-state index in [0.717, 1.165) is 0 Å². The van der Waals surface area contributed by atoms with E-state index in [9.17, 15) is 0 Å². The van der Waals surface area contributed by atoms with E-state index in [4.69, 9.17) is 15.2 Å². The summed E-state index contributed by atoms with van der Waals surface area (Å²) in [7, 11) is 0. The van der Waals surface area contributed by atoms with Crippen LogP contribution >= 0.6 is 0 Å². The third kappa shape index (κ3) is 24.4. The Morgan fingerprint density at radius 2 is 1.86 bits per heavy atom. The Balaban J connectivity index is -0.0000000133. The molecule has 0 saturated carbocycles. The first kappa shape index (κ1) is 15.8. The first-order valence-electron chi connectivity index (χ1n) is 0.814. The van der Waals surface area contributed by atoms with Crippen LogP contribution in [-0.4, -0.2) is 45.0 Å². The molecule has 5 nitrogen and oxygen atoms in total. The topological polar surface area (TPSA) is 98.3 Å². The van der Waals surface area contributed by atoms with Crippen molar-refractivity contribution in [1.29, 1.82) is 0 Å². The Bertz CT molecular complexity index is 50.2. The SMILES string of the molecule is O.O=C(O)OO.[H-].[H-].[Mg+2]. The van der Waals surface area contributed by atoms with E-state index in [0.29, 0.717) is 0 Å². The molecule has 0 aromatic carbocycles. The van der Waals surface area contributed by atoms with Gasteiger partial charge in [0.2, 0.25) is 0 Å². The maximum absolute atomic E-state index is 8.90. The minimum absolute atomic E-state index is 0. The molecule has 42 valence electrons. The second-order valence-corrected chi connectivity index (χ2v) is 0.357. The molecule has 0 aliphatic carbocycles. The summed E-state index contributed by atoms with van der Waals surface area (Å²) in [6.07, 6.45) is -1.69. The van der Waals surface area contributed by atoms with Gasteiger partial charge in [0.25, 0.3) is 0 Å². The molecule has 0 atom stereocenters. The van der Waals surface area contributed by atoms with Gasteiger partial charge in [0, 0.05) is 0 Å². The van der Waals surface area contributed by atoms with Crippen LogP contribution in [0.2, 0.25) is 0 Å². The molecule has 4 N–H and O–H groups in total. The van der Waals surface area contributed by atoms with Crippen LogP contribution in [0.3, 0.4) is 0 Å². The maximum atomic E-state index is 8.90. The molecule has 0 bridgehead atoms. The number of hydrogen-bond donors (Lipinski definition) is 2. The van der Waals surface area contributed by atoms with Gasteiger partial charge in [-0.3, -0.25) is 4.89 Å². The number of hydrogen-bond acceptors (Lipinski definition) is 3. The molecule has 0 radical (unpaired) electrons. The molecule has 0 heterocycles. The van der Waals surface area contributed by atoms with Crippen molar-refractivity contribution in [3.05, 3.63) is 0 Å². The summed E-state index contributed by atoms with van der Waals surface area (Å²) in [5, 5.41) is 14.3. The van der Waals surface area contributed by atoms with E-state index in [1.807, 2.05) is 0 Å². The molecule has 6 heteroatoms. The molecule has 0 saturated heterocycles. The van der Waals surface area contributed by atoms with E-state index in [2.05, 4.69) is 4.89 Å². The molecule has 0 aliphatic heterocycles. The van der Waals surface area contributed by atoms with Gasteiger partial charge in [0.05, 0.1) is 0 Å². The second kappa shape index (κ2) is 9.35. The van der Waals surface area contributed by atoms with Crippen LogP contribution in [0.5, 0.6) is 0 Å². The van der Waals surface area contributed by atoms with Crippen LogP contribution in [0.1, 0.15) is 2.85 Å². The van der Waals surface area contributed by atoms with E-state index in [1.54, 1.807) is 0 Å². The standard InChI is InChI=1S/CH2O4.Mg.H2O.2H/c2-1(3)5-4;;;;/h4H,(H,2,3);;1H2;;/q;+2;;2*-1. The fourth-order valence-corrected chi connectivity index (χ4v) is 0. The van der Waals surface area contributed by atoms with Crippen LogP contribution in [0.15, 0.2) is 0 Å². The summed E-state index contributed by atoms with van der Waals surface area (Å²) in [5.74, 6) is 0. The first-order chi connectivity index (χ1) is 2.27. The fraction of sp³-hybridized carbons (Fsp3) is 0. The third-order valence-electron chi connectivity index (χ3n) is 0.0781. The Labute approximate surface area is 58.3 Å². The van der Waals surface area contributed by atoms with Crippen LogP contribution in [-0.2, 0) is 4.89 Å². The van der Waals surface area contributed by atoms with Gasteiger partial charge in [-0.2, -0.15) is 5.26 Å². The van der Waals surface area contributed by atoms with Crippen molar-refractivity contribution in [3.8, 4) is 0 Å². The Hall–Kier alpha value is -0.0438. The molecule has 0 rings (SSSR count). The summed E-state index contributed by atoms with van der Waals surface area (Å²) in [6.45, 7) is 0. The van der Waals surface area contributed by atoms with Gasteiger partial charge in [0.15, 0.2) is 0 Å². The predicted octanol–water partition coefficient (Wildman–Crippen LogP) is -0.827. The van der Waals surface area contributed by atoms with Gasteiger partial charge in [-0.25, -0.2) is 4.79 Å². The molecule has 0 aliphatic rings. The molecular formula is CH6MgO5. The molecular weight excluding hydrogens is 116 g/mol. The zero-order valence-electron chi connectivity index (χ0n) is 5.42. The summed E-state index contributed by atoms with van der Waals surface area (Å²) < 4.78 is 0. The Morgan fingerprint density at radius 3 is 1.86 bits per heavy atom. The van der Waals surface area contributed by atoms with E-state index >= 15 is 0 Å². The largest absolute Gasteiger partial charge is 2.00 e. The van der Waals surface area contributed by atoms with Crippen molar-refractivity contribution < 1.29 is 28.4 Å². The van der Waals surface area contributed by atoms with Gasteiger partial charge >= 0.3 is 29.2 Å². The molecule has 0 fully saturated rings. The molecule has 0 aromatic rings. The summed E-state index contributed by atoms with van der Waals surface area (Å²) in [6, 6.07) is 0. The number of carbonyl (C=O) groups is 1. The Kier molecular flexibility index (Phi) is 21.1. The molecule has 0 unspecified atom stereocenters. The zero-order valence-corrected chi connectivity index (χ0v) is 4.83. The van der Waals surface area contributed by atoms with Crippen LogP contribution in [0, 0.1) is 0 Å². The molecule has 7 heavy (non-hydrogen) atoms. The van der Waals surface area contributed by atoms with Crippen LogP contribution in [0.4, 0.5) is 4.79 Å².